The van der Waals surface area contributed by atoms with Crippen molar-refractivity contribution in [1.82, 2.24) is 0 Å². The summed E-state index contributed by atoms with van der Waals surface area (Å²) in [5.74, 6) is -0.422. The molecular formula is C41H74O5. The molecule has 1 unspecified atom stereocenters. The second-order valence-electron chi connectivity index (χ2n) is 12.8. The van der Waals surface area contributed by atoms with E-state index >= 15 is 0 Å². The van der Waals surface area contributed by atoms with E-state index in [9.17, 15) is 9.59 Å². The van der Waals surface area contributed by atoms with Gasteiger partial charge in [0, 0.05) is 19.4 Å². The molecule has 0 aromatic rings. The van der Waals surface area contributed by atoms with Crippen LogP contribution in [-0.2, 0) is 23.8 Å². The normalized spacial score (nSPS) is 12.5. The molecule has 0 aromatic heterocycles. The molecule has 0 aliphatic heterocycles. The maximum Gasteiger partial charge on any atom is 0.306 e. The molecular weight excluding hydrogens is 572 g/mol. The molecule has 0 N–H and O–H groups in total. The summed E-state index contributed by atoms with van der Waals surface area (Å²) in [6, 6.07) is 0. The summed E-state index contributed by atoms with van der Waals surface area (Å²) in [7, 11) is 0. The highest BCUT2D eigenvalue weighted by Crippen LogP contribution is 2.12. The number of hydrogen-bond donors (Lipinski definition) is 0. The van der Waals surface area contributed by atoms with Gasteiger partial charge in [-0.2, -0.15) is 0 Å². The van der Waals surface area contributed by atoms with E-state index in [0.717, 1.165) is 70.6 Å². The van der Waals surface area contributed by atoms with E-state index in [1.807, 2.05) is 0 Å². The molecule has 0 saturated carbocycles. The smallest absolute Gasteiger partial charge is 0.306 e. The molecule has 1 atom stereocenters. The summed E-state index contributed by atoms with van der Waals surface area (Å²) >= 11 is 0. The van der Waals surface area contributed by atoms with Crippen LogP contribution < -0.4 is 0 Å². The number of esters is 2. The molecule has 0 aromatic carbocycles. The van der Waals surface area contributed by atoms with Crippen molar-refractivity contribution < 1.29 is 23.8 Å². The third-order valence-electron chi connectivity index (χ3n) is 8.19. The van der Waals surface area contributed by atoms with E-state index in [1.54, 1.807) is 0 Å². The van der Waals surface area contributed by atoms with Gasteiger partial charge in [0.2, 0.25) is 0 Å². The van der Waals surface area contributed by atoms with Gasteiger partial charge in [-0.05, 0) is 51.4 Å². The topological polar surface area (TPSA) is 61.8 Å². The van der Waals surface area contributed by atoms with E-state index in [1.165, 1.54) is 83.5 Å². The van der Waals surface area contributed by atoms with Gasteiger partial charge in [0.25, 0.3) is 0 Å². The monoisotopic (exact) mass is 647 g/mol. The first-order valence-electron chi connectivity index (χ1n) is 19.5. The van der Waals surface area contributed by atoms with Gasteiger partial charge >= 0.3 is 11.9 Å². The van der Waals surface area contributed by atoms with Gasteiger partial charge in [-0.25, -0.2) is 0 Å². The highest BCUT2D eigenvalue weighted by molar-refractivity contribution is 5.70. The standard InChI is InChI=1S/C41H74O5/c1-4-7-10-13-16-18-19-20-21-22-23-24-26-28-31-34-40(42)45-38-39(37-44-36-33-30-27-17-14-11-8-5-2)46-41(43)35-32-29-25-15-12-9-6-3/h7,10,16,18,20-21,39H,4-6,8-9,11-15,17,19,22-38H2,1-3H3/b10-7-,18-16-,21-20-. The molecule has 0 heterocycles. The first-order valence-corrected chi connectivity index (χ1v) is 19.5. The number of allylic oxidation sites excluding steroid dienone is 6. The van der Waals surface area contributed by atoms with Crippen molar-refractivity contribution in [1.29, 1.82) is 0 Å². The Morgan fingerprint density at radius 1 is 0.500 bits per heavy atom. The van der Waals surface area contributed by atoms with E-state index in [-0.39, 0.29) is 25.2 Å². The fraction of sp³-hybridized carbons (Fsp3) is 0.805. The largest absolute Gasteiger partial charge is 0.462 e. The van der Waals surface area contributed by atoms with Crippen LogP contribution in [0.15, 0.2) is 36.5 Å². The average molecular weight is 647 g/mol. The van der Waals surface area contributed by atoms with Crippen molar-refractivity contribution in [2.75, 3.05) is 19.8 Å². The maximum atomic E-state index is 12.5. The fourth-order valence-corrected chi connectivity index (χ4v) is 5.29. The Balaban J connectivity index is 4.17. The number of ether oxygens (including phenoxy) is 3. The van der Waals surface area contributed by atoms with Crippen molar-refractivity contribution in [3.63, 3.8) is 0 Å². The van der Waals surface area contributed by atoms with E-state index in [2.05, 4.69) is 57.2 Å². The Morgan fingerprint density at radius 2 is 0.978 bits per heavy atom. The zero-order valence-corrected chi connectivity index (χ0v) is 30.6. The lowest BCUT2D eigenvalue weighted by Crippen LogP contribution is -2.30. The Hall–Kier alpha value is -1.88. The average Bonchev–Trinajstić information content (AvgIpc) is 3.05. The summed E-state index contributed by atoms with van der Waals surface area (Å²) in [6.45, 7) is 7.64. The van der Waals surface area contributed by atoms with Crippen LogP contribution in [0.5, 0.6) is 0 Å². The van der Waals surface area contributed by atoms with E-state index in [0.29, 0.717) is 19.4 Å². The number of rotatable bonds is 35. The van der Waals surface area contributed by atoms with Crippen molar-refractivity contribution in [3.8, 4) is 0 Å². The highest BCUT2D eigenvalue weighted by atomic mass is 16.6. The lowest BCUT2D eigenvalue weighted by molar-refractivity contribution is -0.163. The van der Waals surface area contributed by atoms with Crippen LogP contribution >= 0.6 is 0 Å². The van der Waals surface area contributed by atoms with Crippen LogP contribution in [0.4, 0.5) is 0 Å². The molecule has 268 valence electrons. The fourth-order valence-electron chi connectivity index (χ4n) is 5.29. The number of unbranched alkanes of at least 4 members (excludes halogenated alkanes) is 18. The van der Waals surface area contributed by atoms with Crippen molar-refractivity contribution >= 4 is 11.9 Å². The van der Waals surface area contributed by atoms with Crippen LogP contribution in [0.3, 0.4) is 0 Å². The van der Waals surface area contributed by atoms with Crippen molar-refractivity contribution in [2.24, 2.45) is 0 Å². The van der Waals surface area contributed by atoms with Crippen molar-refractivity contribution in [2.45, 2.75) is 194 Å². The van der Waals surface area contributed by atoms with Gasteiger partial charge in [-0.3, -0.25) is 9.59 Å². The number of carbonyl (C=O) groups excluding carboxylic acids is 2. The second-order valence-corrected chi connectivity index (χ2v) is 12.8. The minimum atomic E-state index is -0.531. The molecule has 0 saturated heterocycles. The van der Waals surface area contributed by atoms with Gasteiger partial charge in [-0.15, -0.1) is 0 Å². The Morgan fingerprint density at radius 3 is 1.57 bits per heavy atom. The first-order chi connectivity index (χ1) is 22.6. The maximum absolute atomic E-state index is 12.5. The third kappa shape index (κ3) is 35.0. The summed E-state index contributed by atoms with van der Waals surface area (Å²) in [5.41, 5.74) is 0. The molecule has 5 heteroatoms. The van der Waals surface area contributed by atoms with Gasteiger partial charge < -0.3 is 14.2 Å². The lowest BCUT2D eigenvalue weighted by atomic mass is 10.1. The summed E-state index contributed by atoms with van der Waals surface area (Å²) < 4.78 is 17.1. The van der Waals surface area contributed by atoms with Crippen LogP contribution in [0.25, 0.3) is 0 Å². The summed E-state index contributed by atoms with van der Waals surface area (Å²) in [5, 5.41) is 0. The molecule has 0 rings (SSSR count). The molecule has 0 radical (unpaired) electrons. The molecule has 0 fully saturated rings. The number of hydrogen-bond acceptors (Lipinski definition) is 5. The van der Waals surface area contributed by atoms with Crippen LogP contribution in [0.2, 0.25) is 0 Å². The third-order valence-corrected chi connectivity index (χ3v) is 8.19. The van der Waals surface area contributed by atoms with Gasteiger partial charge in [-0.1, -0.05) is 160 Å². The molecule has 0 aliphatic carbocycles. The predicted molar refractivity (Wildman–Crippen MR) is 196 cm³/mol. The zero-order valence-electron chi connectivity index (χ0n) is 30.6. The minimum absolute atomic E-state index is 0.0793. The Kier molecular flexibility index (Phi) is 36.0. The second kappa shape index (κ2) is 37.6. The minimum Gasteiger partial charge on any atom is -0.462 e. The highest BCUT2D eigenvalue weighted by Gasteiger charge is 2.17. The summed E-state index contributed by atoms with van der Waals surface area (Å²) in [4.78, 5) is 24.9. The molecule has 0 amide bonds. The van der Waals surface area contributed by atoms with Gasteiger partial charge in [0.15, 0.2) is 6.10 Å². The SMILES string of the molecule is CC/C=C\C/C=C\C/C=C\CCCCCCCC(=O)OCC(COCCCCCCCCCC)OC(=O)CCCCCCCCC. The Labute approximate surface area is 285 Å². The lowest BCUT2D eigenvalue weighted by Gasteiger charge is -2.18. The van der Waals surface area contributed by atoms with Gasteiger partial charge in [0.05, 0.1) is 6.61 Å². The van der Waals surface area contributed by atoms with Crippen LogP contribution in [-0.4, -0.2) is 37.9 Å². The predicted octanol–water partition coefficient (Wildman–Crippen LogP) is 12.3. The molecule has 46 heavy (non-hydrogen) atoms. The quantitative estimate of drug-likeness (QED) is 0.0389. The molecule has 0 spiro atoms. The summed E-state index contributed by atoms with van der Waals surface area (Å²) in [6.07, 6.45) is 41.4. The van der Waals surface area contributed by atoms with E-state index in [4.69, 9.17) is 14.2 Å². The van der Waals surface area contributed by atoms with Crippen LogP contribution in [0.1, 0.15) is 188 Å². The molecule has 0 bridgehead atoms. The first kappa shape index (κ1) is 44.1. The molecule has 0 aliphatic rings. The van der Waals surface area contributed by atoms with Crippen LogP contribution in [0, 0.1) is 0 Å². The Bertz CT molecular complexity index is 741. The van der Waals surface area contributed by atoms with Gasteiger partial charge in [0.1, 0.15) is 6.61 Å². The van der Waals surface area contributed by atoms with E-state index < -0.39 is 6.10 Å². The number of carbonyl (C=O) groups is 2. The molecule has 5 nitrogen and oxygen atoms in total. The zero-order chi connectivity index (χ0) is 33.6. The van der Waals surface area contributed by atoms with Crippen molar-refractivity contribution in [3.05, 3.63) is 36.5 Å².